The van der Waals surface area contributed by atoms with E-state index >= 15 is 0 Å². The van der Waals surface area contributed by atoms with Gasteiger partial charge in [0.2, 0.25) is 5.95 Å². The second-order valence-corrected chi connectivity index (χ2v) is 5.33. The highest BCUT2D eigenvalue weighted by atomic mass is 35.5. The molecule has 1 heterocycles. The van der Waals surface area contributed by atoms with Crippen LogP contribution < -0.4 is 11.1 Å². The molecule has 2 aromatic rings. The number of hydrogen-bond donors (Lipinski definition) is 2. The molecule has 5 heteroatoms. The summed E-state index contributed by atoms with van der Waals surface area (Å²) in [4.78, 5) is 8.75. The van der Waals surface area contributed by atoms with E-state index in [0.717, 1.165) is 48.4 Å². The van der Waals surface area contributed by atoms with E-state index in [-0.39, 0.29) is 0 Å². The van der Waals surface area contributed by atoms with Gasteiger partial charge in [0.25, 0.3) is 0 Å². The first kappa shape index (κ1) is 15.6. The van der Waals surface area contributed by atoms with Crippen LogP contribution in [0.3, 0.4) is 0 Å². The van der Waals surface area contributed by atoms with Gasteiger partial charge in [0.05, 0.1) is 5.69 Å². The van der Waals surface area contributed by atoms with Crippen molar-refractivity contribution in [3.8, 4) is 11.1 Å². The maximum absolute atomic E-state index is 5.97. The van der Waals surface area contributed by atoms with Crippen molar-refractivity contribution >= 4 is 23.4 Å². The third-order valence-corrected chi connectivity index (χ3v) is 3.54. The second kappa shape index (κ2) is 7.27. The largest absolute Gasteiger partial charge is 0.369 e. The van der Waals surface area contributed by atoms with E-state index in [9.17, 15) is 0 Å². The zero-order valence-electron chi connectivity index (χ0n) is 12.5. The van der Waals surface area contributed by atoms with Crippen molar-refractivity contribution in [3.63, 3.8) is 0 Å². The molecule has 2 rings (SSSR count). The molecule has 0 saturated heterocycles. The van der Waals surface area contributed by atoms with Crippen molar-refractivity contribution in [3.05, 3.63) is 35.0 Å². The molecule has 1 aromatic carbocycles. The number of aryl methyl sites for hydroxylation is 1. The molecule has 112 valence electrons. The zero-order valence-corrected chi connectivity index (χ0v) is 13.2. The number of nitrogens with zero attached hydrogens (tertiary/aromatic N) is 2. The number of anilines is 2. The van der Waals surface area contributed by atoms with E-state index in [0.29, 0.717) is 11.0 Å². The lowest BCUT2D eigenvalue weighted by Crippen LogP contribution is -2.10. The number of unbranched alkanes of at least 4 members (excludes halogenated alkanes) is 1. The van der Waals surface area contributed by atoms with Crippen LogP contribution >= 0.6 is 11.6 Å². The molecule has 0 aliphatic rings. The fourth-order valence-electron chi connectivity index (χ4n) is 2.21. The number of rotatable bonds is 6. The van der Waals surface area contributed by atoms with Crippen LogP contribution in [0.2, 0.25) is 5.02 Å². The second-order valence-electron chi connectivity index (χ2n) is 4.89. The Labute approximate surface area is 130 Å². The van der Waals surface area contributed by atoms with Crippen LogP contribution in [0.5, 0.6) is 0 Å². The smallest absolute Gasteiger partial charge is 0.222 e. The Kier molecular flexibility index (Phi) is 5.39. The van der Waals surface area contributed by atoms with Gasteiger partial charge in [-0.15, -0.1) is 0 Å². The van der Waals surface area contributed by atoms with E-state index in [1.165, 1.54) is 0 Å². The van der Waals surface area contributed by atoms with Gasteiger partial charge in [-0.05, 0) is 30.5 Å². The molecule has 0 fully saturated rings. The van der Waals surface area contributed by atoms with Gasteiger partial charge in [0.15, 0.2) is 0 Å². The normalized spacial score (nSPS) is 10.6. The van der Waals surface area contributed by atoms with Gasteiger partial charge in [-0.2, -0.15) is 4.98 Å². The Bertz CT molecular complexity index is 596. The van der Waals surface area contributed by atoms with Gasteiger partial charge in [0, 0.05) is 17.1 Å². The first-order valence-corrected chi connectivity index (χ1v) is 7.69. The highest BCUT2D eigenvalue weighted by Gasteiger charge is 2.14. The standard InChI is InChI=1S/C16H21ClN4/c1-3-5-10-19-15-14(11-6-8-12(17)9-7-11)13(4-2)20-16(18)21-15/h6-9H,3-5,10H2,1-2H3,(H3,18,19,20,21). The number of hydrogen-bond acceptors (Lipinski definition) is 4. The summed E-state index contributed by atoms with van der Waals surface area (Å²) < 4.78 is 0. The SMILES string of the molecule is CCCCNc1nc(N)nc(CC)c1-c1ccc(Cl)cc1. The molecule has 3 N–H and O–H groups in total. The van der Waals surface area contributed by atoms with Crippen molar-refractivity contribution < 1.29 is 0 Å². The minimum atomic E-state index is 0.309. The molecule has 0 amide bonds. The summed E-state index contributed by atoms with van der Waals surface area (Å²) >= 11 is 5.97. The topological polar surface area (TPSA) is 63.8 Å². The zero-order chi connectivity index (χ0) is 15.2. The predicted molar refractivity (Wildman–Crippen MR) is 89.7 cm³/mol. The quantitative estimate of drug-likeness (QED) is 0.787. The van der Waals surface area contributed by atoms with Crippen molar-refractivity contribution in [1.29, 1.82) is 0 Å². The van der Waals surface area contributed by atoms with Crippen molar-refractivity contribution in [1.82, 2.24) is 9.97 Å². The first-order chi connectivity index (χ1) is 10.2. The Balaban J connectivity index is 2.46. The fourth-order valence-corrected chi connectivity index (χ4v) is 2.34. The number of aromatic nitrogens is 2. The van der Waals surface area contributed by atoms with Crippen molar-refractivity contribution in [2.24, 2.45) is 0 Å². The van der Waals surface area contributed by atoms with Gasteiger partial charge in [-0.25, -0.2) is 4.98 Å². The highest BCUT2D eigenvalue weighted by Crippen LogP contribution is 2.31. The van der Waals surface area contributed by atoms with Gasteiger partial charge in [-0.1, -0.05) is 44.0 Å². The van der Waals surface area contributed by atoms with Crippen LogP contribution in [0.25, 0.3) is 11.1 Å². The number of nitrogens with two attached hydrogens (primary N) is 1. The molecule has 0 atom stereocenters. The molecule has 0 aliphatic heterocycles. The predicted octanol–water partition coefficient (Wildman–Crippen LogP) is 4.15. The summed E-state index contributed by atoms with van der Waals surface area (Å²) in [5.74, 6) is 1.11. The minimum absolute atomic E-state index is 0.309. The Morgan fingerprint density at radius 3 is 2.48 bits per heavy atom. The fraction of sp³-hybridized carbons (Fsp3) is 0.375. The number of nitrogens with one attached hydrogen (secondary N) is 1. The van der Waals surface area contributed by atoms with E-state index in [1.54, 1.807) is 0 Å². The molecular formula is C16H21ClN4. The molecule has 0 unspecified atom stereocenters. The third-order valence-electron chi connectivity index (χ3n) is 3.29. The van der Waals surface area contributed by atoms with E-state index < -0.39 is 0 Å². The lowest BCUT2D eigenvalue weighted by Gasteiger charge is -2.15. The number of nitrogen functional groups attached to an aromatic ring is 1. The van der Waals surface area contributed by atoms with Gasteiger partial charge in [-0.3, -0.25) is 0 Å². The lowest BCUT2D eigenvalue weighted by atomic mass is 10.0. The molecule has 1 aromatic heterocycles. The molecule has 4 nitrogen and oxygen atoms in total. The molecule has 0 radical (unpaired) electrons. The number of benzene rings is 1. The maximum atomic E-state index is 5.97. The van der Waals surface area contributed by atoms with Crippen LogP contribution in [-0.4, -0.2) is 16.5 Å². The monoisotopic (exact) mass is 304 g/mol. The molecule has 0 bridgehead atoms. The summed E-state index contributed by atoms with van der Waals surface area (Å²) in [6.07, 6.45) is 3.02. The average molecular weight is 305 g/mol. The van der Waals surface area contributed by atoms with E-state index in [1.807, 2.05) is 24.3 Å². The molecule has 0 saturated carbocycles. The Morgan fingerprint density at radius 1 is 1.14 bits per heavy atom. The molecule has 21 heavy (non-hydrogen) atoms. The summed E-state index contributed by atoms with van der Waals surface area (Å²) in [7, 11) is 0. The highest BCUT2D eigenvalue weighted by molar-refractivity contribution is 6.30. The van der Waals surface area contributed by atoms with Crippen LogP contribution in [0.1, 0.15) is 32.4 Å². The van der Waals surface area contributed by atoms with Gasteiger partial charge >= 0.3 is 0 Å². The molecular weight excluding hydrogens is 284 g/mol. The third kappa shape index (κ3) is 3.85. The van der Waals surface area contributed by atoms with Gasteiger partial charge < -0.3 is 11.1 Å². The minimum Gasteiger partial charge on any atom is -0.369 e. The van der Waals surface area contributed by atoms with Gasteiger partial charge in [0.1, 0.15) is 5.82 Å². The average Bonchev–Trinajstić information content (AvgIpc) is 2.48. The first-order valence-electron chi connectivity index (χ1n) is 7.31. The lowest BCUT2D eigenvalue weighted by molar-refractivity contribution is 0.830. The van der Waals surface area contributed by atoms with E-state index in [4.69, 9.17) is 17.3 Å². The number of halogens is 1. The van der Waals surface area contributed by atoms with Crippen LogP contribution in [0, 0.1) is 0 Å². The molecule has 0 spiro atoms. The van der Waals surface area contributed by atoms with Crippen LogP contribution in [0.4, 0.5) is 11.8 Å². The van der Waals surface area contributed by atoms with Crippen LogP contribution in [-0.2, 0) is 6.42 Å². The summed E-state index contributed by atoms with van der Waals surface area (Å²) in [5.41, 5.74) is 8.84. The summed E-state index contributed by atoms with van der Waals surface area (Å²) in [5, 5.41) is 4.10. The van der Waals surface area contributed by atoms with Crippen LogP contribution in [0.15, 0.2) is 24.3 Å². The summed E-state index contributed by atoms with van der Waals surface area (Å²) in [6, 6.07) is 7.73. The maximum Gasteiger partial charge on any atom is 0.222 e. The molecule has 0 aliphatic carbocycles. The van der Waals surface area contributed by atoms with Crippen molar-refractivity contribution in [2.75, 3.05) is 17.6 Å². The summed E-state index contributed by atoms with van der Waals surface area (Å²) in [6.45, 7) is 5.10. The Morgan fingerprint density at radius 2 is 1.86 bits per heavy atom. The van der Waals surface area contributed by atoms with Crippen molar-refractivity contribution in [2.45, 2.75) is 33.1 Å². The van der Waals surface area contributed by atoms with E-state index in [2.05, 4.69) is 29.1 Å². The Hall–Kier alpha value is -1.81.